The molecule has 1 rings (SSSR count). The van der Waals surface area contributed by atoms with Crippen molar-refractivity contribution in [1.82, 2.24) is 0 Å². The highest BCUT2D eigenvalue weighted by atomic mass is 32.2. The fourth-order valence-corrected chi connectivity index (χ4v) is 3.91. The summed E-state index contributed by atoms with van der Waals surface area (Å²) in [4.78, 5) is 0.181. The molecule has 0 aromatic heterocycles. The van der Waals surface area contributed by atoms with E-state index in [-0.39, 0.29) is 10.3 Å². The first-order valence-corrected chi connectivity index (χ1v) is 10.2. The Kier molecular flexibility index (Phi) is 8.40. The molecule has 0 heterocycles. The highest BCUT2D eigenvalue weighted by Crippen LogP contribution is 2.40. The number of hydrogen-bond acceptors (Lipinski definition) is 2. The molecular formula is C18H32O3S. The summed E-state index contributed by atoms with van der Waals surface area (Å²) in [5, 5.41) is 0. The van der Waals surface area contributed by atoms with Crippen LogP contribution in [0.4, 0.5) is 0 Å². The quantitative estimate of drug-likeness (QED) is 0.303. The Morgan fingerprint density at radius 3 is 2.00 bits per heavy atom. The molecule has 0 saturated heterocycles. The Bertz CT molecular complexity index is 463. The van der Waals surface area contributed by atoms with Crippen LogP contribution >= 0.6 is 0 Å². The van der Waals surface area contributed by atoms with Crippen LogP contribution in [0.25, 0.3) is 0 Å². The minimum atomic E-state index is -4.06. The van der Waals surface area contributed by atoms with Gasteiger partial charge in [-0.1, -0.05) is 83.4 Å². The Morgan fingerprint density at radius 2 is 1.55 bits per heavy atom. The van der Waals surface area contributed by atoms with Gasteiger partial charge in [0.15, 0.2) is 0 Å². The smallest absolute Gasteiger partial charge is 0.282 e. The van der Waals surface area contributed by atoms with Crippen LogP contribution in [0.2, 0.25) is 0 Å². The van der Waals surface area contributed by atoms with Gasteiger partial charge in [0.1, 0.15) is 0 Å². The van der Waals surface area contributed by atoms with Gasteiger partial charge in [-0.15, -0.1) is 0 Å². The van der Waals surface area contributed by atoms with E-state index in [1.54, 1.807) is 0 Å². The van der Waals surface area contributed by atoms with Crippen molar-refractivity contribution in [3.63, 3.8) is 0 Å². The van der Waals surface area contributed by atoms with E-state index in [0.29, 0.717) is 6.42 Å². The number of allylic oxidation sites excluding steroid dienone is 4. The summed E-state index contributed by atoms with van der Waals surface area (Å²) in [6.07, 6.45) is 17.7. The molecule has 0 bridgehead atoms. The SMILES string of the molecule is CCCCCCC1(CCCCCC)C=CCC(S(=O)(=O)O)=C1. The molecule has 0 aromatic carbocycles. The molecule has 0 unspecified atom stereocenters. The normalized spacial score (nSPS) is 17.5. The molecule has 0 fully saturated rings. The van der Waals surface area contributed by atoms with E-state index in [2.05, 4.69) is 19.9 Å². The Balaban J connectivity index is 2.78. The molecule has 0 atom stereocenters. The molecule has 0 aromatic rings. The van der Waals surface area contributed by atoms with Crippen LogP contribution in [0, 0.1) is 5.41 Å². The topological polar surface area (TPSA) is 54.4 Å². The fourth-order valence-electron chi connectivity index (χ4n) is 3.22. The van der Waals surface area contributed by atoms with Crippen molar-refractivity contribution < 1.29 is 13.0 Å². The summed E-state index contributed by atoms with van der Waals surface area (Å²) in [6.45, 7) is 4.38. The van der Waals surface area contributed by atoms with E-state index in [9.17, 15) is 13.0 Å². The molecule has 0 amide bonds. The minimum absolute atomic E-state index is 0.176. The van der Waals surface area contributed by atoms with Crippen LogP contribution in [-0.4, -0.2) is 13.0 Å². The molecule has 4 heteroatoms. The van der Waals surface area contributed by atoms with Gasteiger partial charge >= 0.3 is 0 Å². The molecule has 1 aliphatic rings. The summed E-state index contributed by atoms with van der Waals surface area (Å²) >= 11 is 0. The predicted octanol–water partition coefficient (Wildman–Crippen LogP) is 5.65. The van der Waals surface area contributed by atoms with E-state index in [0.717, 1.165) is 25.7 Å². The van der Waals surface area contributed by atoms with Crippen molar-refractivity contribution in [3.8, 4) is 0 Å². The summed E-state index contributed by atoms with van der Waals surface area (Å²) in [6, 6.07) is 0. The monoisotopic (exact) mass is 328 g/mol. The van der Waals surface area contributed by atoms with E-state index in [1.807, 2.05) is 12.2 Å². The third kappa shape index (κ3) is 6.66. The lowest BCUT2D eigenvalue weighted by molar-refractivity contribution is 0.367. The fraction of sp³-hybridized carbons (Fsp3) is 0.778. The maximum absolute atomic E-state index is 11.5. The second kappa shape index (κ2) is 9.51. The largest absolute Gasteiger partial charge is 0.290 e. The Labute approximate surface area is 136 Å². The summed E-state index contributed by atoms with van der Waals surface area (Å²) < 4.78 is 32.3. The van der Waals surface area contributed by atoms with E-state index >= 15 is 0 Å². The maximum Gasteiger partial charge on any atom is 0.290 e. The lowest BCUT2D eigenvalue weighted by Gasteiger charge is -2.31. The first-order valence-electron chi connectivity index (χ1n) is 8.80. The van der Waals surface area contributed by atoms with Gasteiger partial charge in [0.25, 0.3) is 10.1 Å². The zero-order valence-electron chi connectivity index (χ0n) is 14.2. The van der Waals surface area contributed by atoms with Gasteiger partial charge in [-0.05, 0) is 12.8 Å². The van der Waals surface area contributed by atoms with Crippen LogP contribution in [0.1, 0.15) is 84.5 Å². The third-order valence-electron chi connectivity index (χ3n) is 4.54. The summed E-state index contributed by atoms with van der Waals surface area (Å²) in [7, 11) is -4.06. The number of unbranched alkanes of at least 4 members (excludes halogenated alkanes) is 6. The van der Waals surface area contributed by atoms with Gasteiger partial charge in [-0.2, -0.15) is 8.42 Å². The molecule has 0 spiro atoms. The second-order valence-electron chi connectivity index (χ2n) is 6.55. The van der Waals surface area contributed by atoms with Crippen LogP contribution in [0.15, 0.2) is 23.1 Å². The lowest BCUT2D eigenvalue weighted by atomic mass is 9.75. The van der Waals surface area contributed by atoms with Crippen molar-refractivity contribution >= 4 is 10.1 Å². The molecule has 3 nitrogen and oxygen atoms in total. The zero-order chi connectivity index (χ0) is 16.5. The van der Waals surface area contributed by atoms with E-state index in [1.165, 1.54) is 38.5 Å². The van der Waals surface area contributed by atoms with Gasteiger partial charge < -0.3 is 0 Å². The number of rotatable bonds is 11. The van der Waals surface area contributed by atoms with Gasteiger partial charge in [-0.3, -0.25) is 4.55 Å². The predicted molar refractivity (Wildman–Crippen MR) is 93.3 cm³/mol. The van der Waals surface area contributed by atoms with Gasteiger partial charge in [0, 0.05) is 11.8 Å². The molecular weight excluding hydrogens is 296 g/mol. The van der Waals surface area contributed by atoms with Crippen LogP contribution in [0.3, 0.4) is 0 Å². The standard InChI is InChI=1S/C18H32O3S/c1-3-5-7-9-13-18(14-10-8-6-4-2)15-11-12-17(16-18)22(19,20)21/h11,15-16H,3-10,12-14H2,1-2H3,(H,19,20,21). The van der Waals surface area contributed by atoms with Crippen LogP contribution < -0.4 is 0 Å². The number of hydrogen-bond donors (Lipinski definition) is 1. The zero-order valence-corrected chi connectivity index (χ0v) is 15.0. The van der Waals surface area contributed by atoms with E-state index < -0.39 is 10.1 Å². The van der Waals surface area contributed by atoms with Crippen molar-refractivity contribution in [3.05, 3.63) is 23.1 Å². The highest BCUT2D eigenvalue weighted by Gasteiger charge is 2.29. The maximum atomic E-state index is 11.5. The molecule has 0 aliphatic heterocycles. The van der Waals surface area contributed by atoms with Crippen LogP contribution in [-0.2, 0) is 10.1 Å². The Hall–Kier alpha value is -0.610. The van der Waals surface area contributed by atoms with Crippen molar-refractivity contribution in [2.75, 3.05) is 0 Å². The third-order valence-corrected chi connectivity index (χ3v) is 5.49. The molecule has 0 saturated carbocycles. The highest BCUT2D eigenvalue weighted by molar-refractivity contribution is 7.89. The summed E-state index contributed by atoms with van der Waals surface area (Å²) in [5.74, 6) is 0. The molecule has 22 heavy (non-hydrogen) atoms. The first-order chi connectivity index (χ1) is 10.4. The molecule has 128 valence electrons. The average molecular weight is 329 g/mol. The van der Waals surface area contributed by atoms with E-state index in [4.69, 9.17) is 0 Å². The summed E-state index contributed by atoms with van der Waals surface area (Å²) in [5.41, 5.74) is -0.176. The van der Waals surface area contributed by atoms with Gasteiger partial charge in [0.05, 0.1) is 4.91 Å². The lowest BCUT2D eigenvalue weighted by Crippen LogP contribution is -2.20. The van der Waals surface area contributed by atoms with Crippen molar-refractivity contribution in [1.29, 1.82) is 0 Å². The second-order valence-corrected chi connectivity index (χ2v) is 8.02. The van der Waals surface area contributed by atoms with Crippen molar-refractivity contribution in [2.45, 2.75) is 84.5 Å². The minimum Gasteiger partial charge on any atom is -0.282 e. The van der Waals surface area contributed by atoms with Crippen molar-refractivity contribution in [2.24, 2.45) is 5.41 Å². The first kappa shape index (κ1) is 19.4. The van der Waals surface area contributed by atoms with Gasteiger partial charge in [0.2, 0.25) is 0 Å². The average Bonchev–Trinajstić information content (AvgIpc) is 2.48. The van der Waals surface area contributed by atoms with Gasteiger partial charge in [-0.25, -0.2) is 0 Å². The Morgan fingerprint density at radius 1 is 1.00 bits per heavy atom. The van der Waals surface area contributed by atoms with Crippen LogP contribution in [0.5, 0.6) is 0 Å². The molecule has 1 N–H and O–H groups in total. The molecule has 1 aliphatic carbocycles. The molecule has 0 radical (unpaired) electrons.